The maximum absolute atomic E-state index is 5.62. The lowest BCUT2D eigenvalue weighted by Crippen LogP contribution is -2.21. The Morgan fingerprint density at radius 1 is 1.27 bits per heavy atom. The molecule has 0 aliphatic carbocycles. The van der Waals surface area contributed by atoms with Crippen molar-refractivity contribution >= 4 is 0 Å². The molecule has 2 rings (SSSR count). The Labute approximate surface area is 90.4 Å². The maximum Gasteiger partial charge on any atom is 0.106 e. The Hall–Kier alpha value is -0.900. The molecule has 1 aliphatic heterocycles. The number of benzene rings is 1. The van der Waals surface area contributed by atoms with Gasteiger partial charge in [-0.15, -0.1) is 0 Å². The molecule has 1 atom stereocenters. The SMILES string of the molecule is CNCc1ccc(C2COCCO2)cc1. The first-order chi connectivity index (χ1) is 7.40. The quantitative estimate of drug-likeness (QED) is 0.814. The van der Waals surface area contributed by atoms with E-state index in [-0.39, 0.29) is 6.10 Å². The highest BCUT2D eigenvalue weighted by Crippen LogP contribution is 2.20. The van der Waals surface area contributed by atoms with E-state index < -0.39 is 0 Å². The molecule has 1 unspecified atom stereocenters. The second-order valence-electron chi connectivity index (χ2n) is 3.71. The average molecular weight is 207 g/mol. The molecule has 0 aromatic heterocycles. The van der Waals surface area contributed by atoms with E-state index in [0.29, 0.717) is 19.8 Å². The van der Waals surface area contributed by atoms with Gasteiger partial charge >= 0.3 is 0 Å². The Morgan fingerprint density at radius 3 is 2.67 bits per heavy atom. The Kier molecular flexibility index (Phi) is 3.72. The fourth-order valence-electron chi connectivity index (χ4n) is 1.73. The molecule has 0 bridgehead atoms. The van der Waals surface area contributed by atoms with E-state index in [9.17, 15) is 0 Å². The zero-order valence-electron chi connectivity index (χ0n) is 9.03. The molecule has 1 fully saturated rings. The third-order valence-electron chi connectivity index (χ3n) is 2.55. The lowest BCUT2D eigenvalue weighted by Gasteiger charge is -2.23. The van der Waals surface area contributed by atoms with Crippen molar-refractivity contribution in [3.05, 3.63) is 35.4 Å². The predicted octanol–water partition coefficient (Wildman–Crippen LogP) is 1.49. The van der Waals surface area contributed by atoms with Crippen LogP contribution in [-0.4, -0.2) is 26.9 Å². The minimum Gasteiger partial charge on any atom is -0.376 e. The fraction of sp³-hybridized carbons (Fsp3) is 0.500. The van der Waals surface area contributed by atoms with Gasteiger partial charge in [0.05, 0.1) is 19.8 Å². The van der Waals surface area contributed by atoms with Crippen molar-refractivity contribution in [1.29, 1.82) is 0 Å². The van der Waals surface area contributed by atoms with Gasteiger partial charge in [0.15, 0.2) is 0 Å². The summed E-state index contributed by atoms with van der Waals surface area (Å²) in [6.07, 6.45) is 0.113. The van der Waals surface area contributed by atoms with Crippen LogP contribution in [0.25, 0.3) is 0 Å². The highest BCUT2D eigenvalue weighted by atomic mass is 16.6. The van der Waals surface area contributed by atoms with Gasteiger partial charge in [-0.1, -0.05) is 24.3 Å². The summed E-state index contributed by atoms with van der Waals surface area (Å²) in [5.74, 6) is 0. The molecule has 0 amide bonds. The van der Waals surface area contributed by atoms with Gasteiger partial charge < -0.3 is 14.8 Å². The summed E-state index contributed by atoms with van der Waals surface area (Å²) in [6.45, 7) is 2.99. The molecule has 0 spiro atoms. The second kappa shape index (κ2) is 5.26. The monoisotopic (exact) mass is 207 g/mol. The van der Waals surface area contributed by atoms with Crippen LogP contribution in [0.1, 0.15) is 17.2 Å². The average Bonchev–Trinajstić information content (AvgIpc) is 2.32. The van der Waals surface area contributed by atoms with Crippen molar-refractivity contribution in [3.8, 4) is 0 Å². The molecule has 1 aromatic rings. The molecule has 3 nitrogen and oxygen atoms in total. The van der Waals surface area contributed by atoms with Gasteiger partial charge in [-0.25, -0.2) is 0 Å². The smallest absolute Gasteiger partial charge is 0.106 e. The van der Waals surface area contributed by atoms with Crippen molar-refractivity contribution in [2.24, 2.45) is 0 Å². The normalized spacial score (nSPS) is 21.5. The van der Waals surface area contributed by atoms with Crippen LogP contribution >= 0.6 is 0 Å². The third kappa shape index (κ3) is 2.78. The first-order valence-corrected chi connectivity index (χ1v) is 5.33. The van der Waals surface area contributed by atoms with E-state index in [1.165, 1.54) is 11.1 Å². The van der Waals surface area contributed by atoms with Crippen molar-refractivity contribution in [2.75, 3.05) is 26.9 Å². The Morgan fingerprint density at radius 2 is 2.07 bits per heavy atom. The zero-order valence-corrected chi connectivity index (χ0v) is 9.03. The largest absolute Gasteiger partial charge is 0.376 e. The van der Waals surface area contributed by atoms with E-state index >= 15 is 0 Å². The highest BCUT2D eigenvalue weighted by Gasteiger charge is 2.15. The van der Waals surface area contributed by atoms with Crippen LogP contribution in [0.5, 0.6) is 0 Å². The van der Waals surface area contributed by atoms with Crippen LogP contribution in [0, 0.1) is 0 Å². The minimum atomic E-state index is 0.113. The Balaban J connectivity index is 2.02. The summed E-state index contributed by atoms with van der Waals surface area (Å²) in [5.41, 5.74) is 2.49. The van der Waals surface area contributed by atoms with Gasteiger partial charge in [-0.2, -0.15) is 0 Å². The molecule has 1 aromatic carbocycles. The van der Waals surface area contributed by atoms with Crippen LogP contribution in [0.3, 0.4) is 0 Å². The van der Waals surface area contributed by atoms with Crippen molar-refractivity contribution in [1.82, 2.24) is 5.32 Å². The first-order valence-electron chi connectivity index (χ1n) is 5.33. The molecular weight excluding hydrogens is 190 g/mol. The number of hydrogen-bond donors (Lipinski definition) is 1. The van der Waals surface area contributed by atoms with E-state index in [2.05, 4.69) is 29.6 Å². The van der Waals surface area contributed by atoms with Crippen molar-refractivity contribution < 1.29 is 9.47 Å². The molecule has 1 heterocycles. The lowest BCUT2D eigenvalue weighted by molar-refractivity contribution is -0.0901. The zero-order chi connectivity index (χ0) is 10.5. The van der Waals surface area contributed by atoms with E-state index in [0.717, 1.165) is 6.54 Å². The summed E-state index contributed by atoms with van der Waals surface area (Å²) in [6, 6.07) is 8.49. The van der Waals surface area contributed by atoms with Gasteiger partial charge in [-0.3, -0.25) is 0 Å². The number of nitrogens with one attached hydrogen (secondary N) is 1. The lowest BCUT2D eigenvalue weighted by atomic mass is 10.1. The Bertz CT molecular complexity index is 291. The number of ether oxygens (including phenoxy) is 2. The van der Waals surface area contributed by atoms with Gasteiger partial charge in [0.2, 0.25) is 0 Å². The molecule has 82 valence electrons. The van der Waals surface area contributed by atoms with Crippen LogP contribution < -0.4 is 5.32 Å². The summed E-state index contributed by atoms with van der Waals surface area (Å²) in [7, 11) is 1.95. The van der Waals surface area contributed by atoms with Crippen LogP contribution in [0.4, 0.5) is 0 Å². The van der Waals surface area contributed by atoms with Gasteiger partial charge in [0.25, 0.3) is 0 Å². The van der Waals surface area contributed by atoms with Crippen molar-refractivity contribution in [3.63, 3.8) is 0 Å². The van der Waals surface area contributed by atoms with Crippen LogP contribution in [0.2, 0.25) is 0 Å². The number of rotatable bonds is 3. The molecule has 3 heteroatoms. The predicted molar refractivity (Wildman–Crippen MR) is 58.7 cm³/mol. The standard InChI is InChI=1S/C12H17NO2/c1-13-8-10-2-4-11(5-3-10)12-9-14-6-7-15-12/h2-5,12-13H,6-9H2,1H3. The summed E-state index contributed by atoms with van der Waals surface area (Å²) >= 11 is 0. The van der Waals surface area contributed by atoms with Crippen LogP contribution in [0.15, 0.2) is 24.3 Å². The van der Waals surface area contributed by atoms with Gasteiger partial charge in [-0.05, 0) is 18.2 Å². The highest BCUT2D eigenvalue weighted by molar-refractivity contribution is 5.24. The molecule has 1 aliphatic rings. The topological polar surface area (TPSA) is 30.5 Å². The maximum atomic E-state index is 5.62. The van der Waals surface area contributed by atoms with Crippen molar-refractivity contribution in [2.45, 2.75) is 12.6 Å². The van der Waals surface area contributed by atoms with E-state index in [1.54, 1.807) is 0 Å². The number of hydrogen-bond acceptors (Lipinski definition) is 3. The molecule has 0 saturated carbocycles. The summed E-state index contributed by atoms with van der Waals surface area (Å²) in [4.78, 5) is 0. The molecule has 1 saturated heterocycles. The van der Waals surface area contributed by atoms with E-state index in [1.807, 2.05) is 7.05 Å². The molecule has 0 radical (unpaired) electrons. The molecule has 1 N–H and O–H groups in total. The third-order valence-corrected chi connectivity index (χ3v) is 2.55. The first kappa shape index (κ1) is 10.6. The van der Waals surface area contributed by atoms with Crippen LogP contribution in [-0.2, 0) is 16.0 Å². The van der Waals surface area contributed by atoms with Gasteiger partial charge in [0, 0.05) is 6.54 Å². The van der Waals surface area contributed by atoms with E-state index in [4.69, 9.17) is 9.47 Å². The van der Waals surface area contributed by atoms with Gasteiger partial charge in [0.1, 0.15) is 6.10 Å². The molecule has 15 heavy (non-hydrogen) atoms. The molecular formula is C12H17NO2. The minimum absolute atomic E-state index is 0.113. The summed E-state index contributed by atoms with van der Waals surface area (Å²) < 4.78 is 11.0. The fourth-order valence-corrected chi connectivity index (χ4v) is 1.73. The summed E-state index contributed by atoms with van der Waals surface area (Å²) in [5, 5.41) is 3.13. The second-order valence-corrected chi connectivity index (χ2v) is 3.71.